The molecule has 3 rings (SSSR count). The molecule has 0 N–H and O–H groups in total. The minimum Gasteiger partial charge on any atom is -0.473 e. The molecular weight excluding hydrogens is 344 g/mol. The maximum atomic E-state index is 11.6. The van der Waals surface area contributed by atoms with Gasteiger partial charge < -0.3 is 9.47 Å². The van der Waals surface area contributed by atoms with Crippen LogP contribution in [0.25, 0.3) is 11.0 Å². The molecule has 1 saturated heterocycles. The highest BCUT2D eigenvalue weighted by Gasteiger charge is 2.27. The lowest BCUT2D eigenvalue weighted by molar-refractivity contribution is -0.0252. The molecule has 0 spiro atoms. The van der Waals surface area contributed by atoms with Gasteiger partial charge in [0, 0.05) is 31.5 Å². The summed E-state index contributed by atoms with van der Waals surface area (Å²) in [4.78, 5) is 12.4. The zero-order valence-corrected chi connectivity index (χ0v) is 13.9. The van der Waals surface area contributed by atoms with Crippen LogP contribution in [-0.2, 0) is 14.8 Å². The van der Waals surface area contributed by atoms with Crippen molar-refractivity contribution < 1.29 is 17.9 Å². The van der Waals surface area contributed by atoms with Crippen LogP contribution in [0, 0.1) is 0 Å². The van der Waals surface area contributed by atoms with Crippen molar-refractivity contribution in [2.45, 2.75) is 6.10 Å². The van der Waals surface area contributed by atoms with Gasteiger partial charge in [0.05, 0.1) is 18.4 Å². The number of pyridine rings is 1. The molecule has 0 saturated carbocycles. The molecule has 1 unspecified atom stereocenters. The fraction of sp³-hybridized carbons (Fsp3) is 0.462. The summed E-state index contributed by atoms with van der Waals surface area (Å²) in [5.41, 5.74) is 1.07. The van der Waals surface area contributed by atoms with Gasteiger partial charge >= 0.3 is 0 Å². The molecule has 10 heteroatoms. The van der Waals surface area contributed by atoms with Gasteiger partial charge in [0.15, 0.2) is 5.52 Å². The Labute approximate surface area is 138 Å². The molecule has 0 bridgehead atoms. The topological polar surface area (TPSA) is 94.5 Å². The van der Waals surface area contributed by atoms with Gasteiger partial charge in [-0.05, 0) is 0 Å². The standard InChI is InChI=1S/C13H15ClN4O4S/c1-23(19,20)18-4-5-21-9(7-18)8-22-13-12-10(6-11(14)17-13)15-2-3-16-12/h2-3,6,9H,4-5,7-8H2,1H3. The first-order valence-corrected chi connectivity index (χ1v) is 9.13. The van der Waals surface area contributed by atoms with Crippen molar-refractivity contribution in [2.24, 2.45) is 0 Å². The van der Waals surface area contributed by atoms with Gasteiger partial charge in [0.1, 0.15) is 17.9 Å². The second-order valence-corrected chi connectivity index (χ2v) is 7.47. The number of halogens is 1. The molecule has 1 aliphatic heterocycles. The number of ether oxygens (including phenoxy) is 2. The summed E-state index contributed by atoms with van der Waals surface area (Å²) in [6.07, 6.45) is 3.88. The largest absolute Gasteiger partial charge is 0.473 e. The zero-order chi connectivity index (χ0) is 16.4. The van der Waals surface area contributed by atoms with E-state index >= 15 is 0 Å². The van der Waals surface area contributed by atoms with Crippen LogP contribution >= 0.6 is 11.6 Å². The third-order valence-corrected chi connectivity index (χ3v) is 4.83. The Hall–Kier alpha value is -1.55. The lowest BCUT2D eigenvalue weighted by Gasteiger charge is -2.30. The second-order valence-electron chi connectivity index (χ2n) is 5.10. The Morgan fingerprint density at radius 3 is 3.00 bits per heavy atom. The van der Waals surface area contributed by atoms with Crippen molar-refractivity contribution in [1.29, 1.82) is 0 Å². The molecule has 3 heterocycles. The third-order valence-electron chi connectivity index (χ3n) is 3.37. The summed E-state index contributed by atoms with van der Waals surface area (Å²) >= 11 is 5.95. The van der Waals surface area contributed by atoms with E-state index < -0.39 is 10.0 Å². The molecule has 1 aliphatic rings. The van der Waals surface area contributed by atoms with E-state index in [2.05, 4.69) is 15.0 Å². The highest BCUT2D eigenvalue weighted by molar-refractivity contribution is 7.88. The van der Waals surface area contributed by atoms with Crippen LogP contribution in [0.3, 0.4) is 0 Å². The maximum absolute atomic E-state index is 11.6. The fourth-order valence-electron chi connectivity index (χ4n) is 2.28. The lowest BCUT2D eigenvalue weighted by Crippen LogP contribution is -2.47. The number of nitrogens with zero attached hydrogens (tertiary/aromatic N) is 4. The summed E-state index contributed by atoms with van der Waals surface area (Å²) in [5, 5.41) is 0.246. The highest BCUT2D eigenvalue weighted by Crippen LogP contribution is 2.23. The van der Waals surface area contributed by atoms with Crippen LogP contribution in [-0.4, -0.2) is 66.3 Å². The molecule has 0 aromatic carbocycles. The van der Waals surface area contributed by atoms with Crippen molar-refractivity contribution in [3.63, 3.8) is 0 Å². The normalized spacial score (nSPS) is 19.8. The third kappa shape index (κ3) is 3.86. The van der Waals surface area contributed by atoms with Crippen LogP contribution in [0.1, 0.15) is 0 Å². The first kappa shape index (κ1) is 16.3. The molecule has 2 aromatic heterocycles. The predicted octanol–water partition coefficient (Wildman–Crippen LogP) is 0.717. The highest BCUT2D eigenvalue weighted by atomic mass is 35.5. The smallest absolute Gasteiger partial charge is 0.243 e. The van der Waals surface area contributed by atoms with Crippen molar-refractivity contribution in [1.82, 2.24) is 19.3 Å². The first-order valence-electron chi connectivity index (χ1n) is 6.90. The van der Waals surface area contributed by atoms with E-state index in [1.807, 2.05) is 0 Å². The summed E-state index contributed by atoms with van der Waals surface area (Å²) < 4.78 is 35.8. The summed E-state index contributed by atoms with van der Waals surface area (Å²) in [6.45, 7) is 1.05. The molecule has 0 radical (unpaired) electrons. The minimum atomic E-state index is -3.24. The number of fused-ring (bicyclic) bond motifs is 1. The van der Waals surface area contributed by atoms with E-state index in [0.717, 1.165) is 0 Å². The van der Waals surface area contributed by atoms with E-state index in [-0.39, 0.29) is 30.3 Å². The zero-order valence-electron chi connectivity index (χ0n) is 12.3. The van der Waals surface area contributed by atoms with E-state index in [4.69, 9.17) is 21.1 Å². The maximum Gasteiger partial charge on any atom is 0.243 e. The molecule has 0 aliphatic carbocycles. The number of hydrogen-bond donors (Lipinski definition) is 0. The Balaban J connectivity index is 1.73. The number of sulfonamides is 1. The van der Waals surface area contributed by atoms with Crippen LogP contribution in [0.5, 0.6) is 5.88 Å². The minimum absolute atomic E-state index is 0.144. The lowest BCUT2D eigenvalue weighted by atomic mass is 10.3. The van der Waals surface area contributed by atoms with Crippen molar-refractivity contribution in [3.05, 3.63) is 23.6 Å². The Bertz CT molecular complexity index is 817. The predicted molar refractivity (Wildman–Crippen MR) is 84.0 cm³/mol. The molecule has 124 valence electrons. The van der Waals surface area contributed by atoms with Crippen molar-refractivity contribution in [3.8, 4) is 5.88 Å². The molecule has 0 amide bonds. The first-order chi connectivity index (χ1) is 10.9. The Morgan fingerprint density at radius 1 is 1.43 bits per heavy atom. The van der Waals surface area contributed by atoms with E-state index in [1.165, 1.54) is 16.8 Å². The molecule has 1 fully saturated rings. The van der Waals surface area contributed by atoms with E-state index in [1.54, 1.807) is 12.3 Å². The summed E-state index contributed by atoms with van der Waals surface area (Å²) in [5.74, 6) is 0.251. The quantitative estimate of drug-likeness (QED) is 0.743. The van der Waals surface area contributed by atoms with Gasteiger partial charge in [-0.1, -0.05) is 11.6 Å². The van der Waals surface area contributed by atoms with E-state index in [0.29, 0.717) is 24.2 Å². The average Bonchev–Trinajstić information content (AvgIpc) is 2.52. The number of hydrogen-bond acceptors (Lipinski definition) is 7. The Morgan fingerprint density at radius 2 is 2.22 bits per heavy atom. The van der Waals surface area contributed by atoms with Gasteiger partial charge in [0.2, 0.25) is 15.9 Å². The van der Waals surface area contributed by atoms with Gasteiger partial charge in [-0.3, -0.25) is 4.98 Å². The van der Waals surface area contributed by atoms with Gasteiger partial charge in [0.25, 0.3) is 0 Å². The van der Waals surface area contributed by atoms with Gasteiger partial charge in [-0.2, -0.15) is 9.29 Å². The van der Waals surface area contributed by atoms with Crippen LogP contribution in [0.4, 0.5) is 0 Å². The molecular formula is C13H15ClN4O4S. The summed E-state index contributed by atoms with van der Waals surface area (Å²) in [6, 6.07) is 1.60. The average molecular weight is 359 g/mol. The second kappa shape index (κ2) is 6.52. The van der Waals surface area contributed by atoms with Crippen molar-refractivity contribution in [2.75, 3.05) is 32.6 Å². The number of morpholine rings is 1. The summed E-state index contributed by atoms with van der Waals surface area (Å²) in [7, 11) is -3.24. The van der Waals surface area contributed by atoms with E-state index in [9.17, 15) is 8.42 Å². The molecule has 1 atom stereocenters. The van der Waals surface area contributed by atoms with Crippen molar-refractivity contribution >= 4 is 32.7 Å². The Kier molecular flexibility index (Phi) is 4.62. The van der Waals surface area contributed by atoms with Gasteiger partial charge in [-0.25, -0.2) is 13.4 Å². The fourth-order valence-corrected chi connectivity index (χ4v) is 3.30. The molecule has 23 heavy (non-hydrogen) atoms. The van der Waals surface area contributed by atoms with Crippen LogP contribution in [0.15, 0.2) is 18.5 Å². The number of aromatic nitrogens is 3. The van der Waals surface area contributed by atoms with Crippen LogP contribution in [0.2, 0.25) is 5.15 Å². The SMILES string of the molecule is CS(=O)(=O)N1CCOC(COc2nc(Cl)cc3nccnc23)C1. The number of rotatable bonds is 4. The molecule has 8 nitrogen and oxygen atoms in total. The van der Waals surface area contributed by atoms with Crippen LogP contribution < -0.4 is 4.74 Å². The monoisotopic (exact) mass is 358 g/mol. The van der Waals surface area contributed by atoms with Gasteiger partial charge in [-0.15, -0.1) is 0 Å². The molecule has 2 aromatic rings.